The van der Waals surface area contributed by atoms with Gasteiger partial charge in [-0.15, -0.1) is 0 Å². The summed E-state index contributed by atoms with van der Waals surface area (Å²) in [5.41, 5.74) is 1.10. The van der Waals surface area contributed by atoms with Crippen LogP contribution in [0.1, 0.15) is 28.8 Å². The number of methoxy groups -OCH3 is 1. The molecule has 0 spiro atoms. The second-order valence-corrected chi connectivity index (χ2v) is 5.64. The molecule has 0 unspecified atom stereocenters. The topological polar surface area (TPSA) is 38.3 Å². The van der Waals surface area contributed by atoms with E-state index < -0.39 is 5.82 Å². The fourth-order valence-corrected chi connectivity index (χ4v) is 2.77. The van der Waals surface area contributed by atoms with Crippen LogP contribution in [0.15, 0.2) is 48.5 Å². The number of nitrogens with one attached hydrogen (secondary N) is 1. The van der Waals surface area contributed by atoms with Gasteiger partial charge in [-0.2, -0.15) is 0 Å². The third kappa shape index (κ3) is 2.69. The van der Waals surface area contributed by atoms with Crippen LogP contribution in [0.25, 0.3) is 0 Å². The molecule has 1 N–H and O–H groups in total. The van der Waals surface area contributed by atoms with Crippen molar-refractivity contribution >= 4 is 5.91 Å². The Morgan fingerprint density at radius 3 is 2.55 bits per heavy atom. The summed E-state index contributed by atoms with van der Waals surface area (Å²) in [6.07, 6.45) is 1.98. The Labute approximate surface area is 129 Å². The maximum atomic E-state index is 13.6. The van der Waals surface area contributed by atoms with Crippen LogP contribution < -0.4 is 10.1 Å². The molecule has 3 rings (SSSR count). The third-order valence-corrected chi connectivity index (χ3v) is 4.24. The Morgan fingerprint density at radius 2 is 1.86 bits per heavy atom. The average Bonchev–Trinajstić information content (AvgIpc) is 3.34. The fraction of sp³-hybridized carbons (Fsp3) is 0.278. The van der Waals surface area contributed by atoms with Gasteiger partial charge in [0.05, 0.1) is 12.7 Å². The molecule has 4 heteroatoms. The van der Waals surface area contributed by atoms with E-state index in [-0.39, 0.29) is 16.9 Å². The van der Waals surface area contributed by atoms with Crippen LogP contribution >= 0.6 is 0 Å². The Balaban J connectivity index is 1.74. The van der Waals surface area contributed by atoms with Crippen LogP contribution in [-0.4, -0.2) is 19.6 Å². The quantitative estimate of drug-likeness (QED) is 0.920. The summed E-state index contributed by atoms with van der Waals surface area (Å²) in [7, 11) is 1.65. The Hall–Kier alpha value is -2.36. The van der Waals surface area contributed by atoms with Gasteiger partial charge in [-0.25, -0.2) is 4.39 Å². The predicted octanol–water partition coefficient (Wildman–Crippen LogP) is 3.30. The van der Waals surface area contributed by atoms with Crippen molar-refractivity contribution in [1.82, 2.24) is 5.32 Å². The monoisotopic (exact) mass is 299 g/mol. The summed E-state index contributed by atoms with van der Waals surface area (Å²) in [6, 6.07) is 13.9. The molecule has 0 radical (unpaired) electrons. The van der Waals surface area contributed by atoms with Crippen LogP contribution in [0.4, 0.5) is 4.39 Å². The SMILES string of the molecule is COc1ccccc1C1(CNC(=O)c2ccccc2F)CC1. The lowest BCUT2D eigenvalue weighted by Crippen LogP contribution is -2.32. The van der Waals surface area contributed by atoms with Crippen molar-refractivity contribution < 1.29 is 13.9 Å². The molecule has 3 nitrogen and oxygen atoms in total. The van der Waals surface area contributed by atoms with E-state index in [1.807, 2.05) is 24.3 Å². The zero-order valence-corrected chi connectivity index (χ0v) is 12.4. The number of halogens is 1. The van der Waals surface area contributed by atoms with Crippen molar-refractivity contribution in [3.05, 3.63) is 65.5 Å². The standard InChI is InChI=1S/C18H18FNO2/c1-22-16-9-5-3-7-14(16)18(10-11-18)12-20-17(21)13-6-2-4-8-15(13)19/h2-9H,10-12H2,1H3,(H,20,21). The number of rotatable bonds is 5. The lowest BCUT2D eigenvalue weighted by atomic mass is 9.94. The molecule has 0 bridgehead atoms. The summed E-state index contributed by atoms with van der Waals surface area (Å²) >= 11 is 0. The molecule has 2 aromatic rings. The molecule has 0 aromatic heterocycles. The van der Waals surface area contributed by atoms with Gasteiger partial charge in [0, 0.05) is 17.5 Å². The van der Waals surface area contributed by atoms with E-state index in [1.54, 1.807) is 19.2 Å². The van der Waals surface area contributed by atoms with Gasteiger partial charge >= 0.3 is 0 Å². The highest BCUT2D eigenvalue weighted by Crippen LogP contribution is 2.50. The molecule has 1 aliphatic rings. The summed E-state index contributed by atoms with van der Waals surface area (Å²) in [5, 5.41) is 2.86. The van der Waals surface area contributed by atoms with E-state index in [0.717, 1.165) is 24.2 Å². The summed E-state index contributed by atoms with van der Waals surface area (Å²) in [5.74, 6) is -0.0402. The van der Waals surface area contributed by atoms with Crippen LogP contribution in [0.3, 0.4) is 0 Å². The first-order valence-electron chi connectivity index (χ1n) is 7.32. The van der Waals surface area contributed by atoms with Crippen LogP contribution in [0.5, 0.6) is 5.75 Å². The average molecular weight is 299 g/mol. The Bertz CT molecular complexity index is 695. The highest BCUT2D eigenvalue weighted by atomic mass is 19.1. The summed E-state index contributed by atoms with van der Waals surface area (Å²) < 4.78 is 19.0. The number of benzene rings is 2. The van der Waals surface area contributed by atoms with Gasteiger partial charge in [0.1, 0.15) is 11.6 Å². The number of carbonyl (C=O) groups excluding carboxylic acids is 1. The number of para-hydroxylation sites is 1. The van der Waals surface area contributed by atoms with Crippen molar-refractivity contribution in [3.8, 4) is 5.75 Å². The minimum Gasteiger partial charge on any atom is -0.496 e. The molecule has 0 aliphatic heterocycles. The zero-order valence-electron chi connectivity index (χ0n) is 12.4. The van der Waals surface area contributed by atoms with Crippen molar-refractivity contribution in [3.63, 3.8) is 0 Å². The number of carbonyl (C=O) groups is 1. The molecule has 114 valence electrons. The van der Waals surface area contributed by atoms with E-state index >= 15 is 0 Å². The molecule has 1 saturated carbocycles. The maximum Gasteiger partial charge on any atom is 0.254 e. The van der Waals surface area contributed by atoms with Crippen molar-refractivity contribution in [2.45, 2.75) is 18.3 Å². The smallest absolute Gasteiger partial charge is 0.254 e. The minimum atomic E-state index is -0.498. The Kier molecular flexibility index (Phi) is 3.84. The lowest BCUT2D eigenvalue weighted by molar-refractivity contribution is 0.0945. The first kappa shape index (κ1) is 14.6. The lowest BCUT2D eigenvalue weighted by Gasteiger charge is -2.19. The Morgan fingerprint density at radius 1 is 1.18 bits per heavy atom. The van der Waals surface area contributed by atoms with E-state index in [2.05, 4.69) is 5.32 Å². The molecule has 22 heavy (non-hydrogen) atoms. The second kappa shape index (κ2) is 5.79. The van der Waals surface area contributed by atoms with Gasteiger partial charge in [-0.3, -0.25) is 4.79 Å². The van der Waals surface area contributed by atoms with Crippen LogP contribution in [0, 0.1) is 5.82 Å². The number of amides is 1. The van der Waals surface area contributed by atoms with E-state index in [1.165, 1.54) is 12.1 Å². The highest BCUT2D eigenvalue weighted by molar-refractivity contribution is 5.94. The minimum absolute atomic E-state index is 0.0818. The highest BCUT2D eigenvalue weighted by Gasteiger charge is 2.46. The van der Waals surface area contributed by atoms with Gasteiger partial charge in [0.15, 0.2) is 0 Å². The molecule has 2 aromatic carbocycles. The fourth-order valence-electron chi connectivity index (χ4n) is 2.77. The second-order valence-electron chi connectivity index (χ2n) is 5.64. The molecule has 0 heterocycles. The normalized spacial score (nSPS) is 15.2. The van der Waals surface area contributed by atoms with Gasteiger partial charge in [-0.05, 0) is 31.0 Å². The number of ether oxygens (including phenoxy) is 1. The summed E-state index contributed by atoms with van der Waals surface area (Å²) in [4.78, 5) is 12.1. The number of hydrogen-bond acceptors (Lipinski definition) is 2. The largest absolute Gasteiger partial charge is 0.496 e. The number of hydrogen-bond donors (Lipinski definition) is 1. The van der Waals surface area contributed by atoms with Crippen LogP contribution in [0.2, 0.25) is 0 Å². The zero-order chi connectivity index (χ0) is 15.6. The first-order chi connectivity index (χ1) is 10.7. The van der Waals surface area contributed by atoms with Crippen LogP contribution in [-0.2, 0) is 5.41 Å². The molecule has 1 fully saturated rings. The van der Waals surface area contributed by atoms with E-state index in [0.29, 0.717) is 6.54 Å². The maximum absolute atomic E-state index is 13.6. The molecule has 0 saturated heterocycles. The molecule has 1 aliphatic carbocycles. The molecular weight excluding hydrogens is 281 g/mol. The van der Waals surface area contributed by atoms with Crippen molar-refractivity contribution in [1.29, 1.82) is 0 Å². The van der Waals surface area contributed by atoms with Gasteiger partial charge in [0.2, 0.25) is 0 Å². The van der Waals surface area contributed by atoms with E-state index in [9.17, 15) is 9.18 Å². The third-order valence-electron chi connectivity index (χ3n) is 4.24. The first-order valence-corrected chi connectivity index (χ1v) is 7.32. The molecule has 1 amide bonds. The molecule has 0 atom stereocenters. The molecular formula is C18H18FNO2. The van der Waals surface area contributed by atoms with Crippen molar-refractivity contribution in [2.75, 3.05) is 13.7 Å². The van der Waals surface area contributed by atoms with Gasteiger partial charge < -0.3 is 10.1 Å². The van der Waals surface area contributed by atoms with Crippen molar-refractivity contribution in [2.24, 2.45) is 0 Å². The van der Waals surface area contributed by atoms with Gasteiger partial charge in [0.25, 0.3) is 5.91 Å². The summed E-state index contributed by atoms with van der Waals surface area (Å²) in [6.45, 7) is 0.487. The van der Waals surface area contributed by atoms with Gasteiger partial charge in [-0.1, -0.05) is 30.3 Å². The predicted molar refractivity (Wildman–Crippen MR) is 82.6 cm³/mol. The van der Waals surface area contributed by atoms with E-state index in [4.69, 9.17) is 4.74 Å².